The van der Waals surface area contributed by atoms with Crippen LogP contribution < -0.4 is 0 Å². The molecule has 0 aliphatic heterocycles. The first kappa shape index (κ1) is 13.9. The van der Waals surface area contributed by atoms with Gasteiger partial charge >= 0.3 is 0 Å². The molecule has 2 nitrogen and oxygen atoms in total. The fraction of sp³-hybridized carbons (Fsp3) is 0.600. The van der Waals surface area contributed by atoms with Crippen LogP contribution in [0.3, 0.4) is 0 Å². The van der Waals surface area contributed by atoms with E-state index in [9.17, 15) is 9.59 Å². The van der Waals surface area contributed by atoms with Crippen molar-refractivity contribution in [2.24, 2.45) is 11.8 Å². The Kier molecular flexibility index (Phi) is 4.86. The van der Waals surface area contributed by atoms with Gasteiger partial charge < -0.3 is 0 Å². The van der Waals surface area contributed by atoms with Crippen LogP contribution in [-0.4, -0.2) is 11.6 Å². The third kappa shape index (κ3) is 4.29. The van der Waals surface area contributed by atoms with Gasteiger partial charge in [0.15, 0.2) is 11.6 Å². The highest BCUT2D eigenvalue weighted by Gasteiger charge is 2.26. The lowest BCUT2D eigenvalue weighted by Gasteiger charge is -2.23. The maximum Gasteiger partial charge on any atom is 0.158 e. The number of carbonyl (C=O) groups is 2. The Morgan fingerprint density at radius 1 is 1.41 bits per heavy atom. The van der Waals surface area contributed by atoms with Crippen LogP contribution in [-0.2, 0) is 9.59 Å². The third-order valence-corrected chi connectivity index (χ3v) is 3.26. The van der Waals surface area contributed by atoms with Crippen molar-refractivity contribution < 1.29 is 9.59 Å². The van der Waals surface area contributed by atoms with E-state index in [1.54, 1.807) is 12.2 Å². The molecule has 1 aliphatic rings. The first-order valence-corrected chi connectivity index (χ1v) is 6.29. The Balaban J connectivity index is 2.85. The Morgan fingerprint density at radius 3 is 2.65 bits per heavy atom. The third-order valence-electron chi connectivity index (χ3n) is 3.26. The zero-order chi connectivity index (χ0) is 13.0. The van der Waals surface area contributed by atoms with Crippen molar-refractivity contribution in [3.05, 3.63) is 23.3 Å². The van der Waals surface area contributed by atoms with Crippen LogP contribution >= 0.6 is 0 Å². The van der Waals surface area contributed by atoms with Gasteiger partial charge in [0.1, 0.15) is 0 Å². The predicted molar refractivity (Wildman–Crippen MR) is 69.7 cm³/mol. The van der Waals surface area contributed by atoms with Crippen molar-refractivity contribution in [1.82, 2.24) is 0 Å². The molecule has 2 atom stereocenters. The van der Waals surface area contributed by atoms with Crippen LogP contribution in [0.25, 0.3) is 0 Å². The summed E-state index contributed by atoms with van der Waals surface area (Å²) >= 11 is 0. The Bertz CT molecular complexity index is 370. The van der Waals surface area contributed by atoms with Gasteiger partial charge in [-0.25, -0.2) is 0 Å². The lowest BCUT2D eigenvalue weighted by atomic mass is 9.80. The summed E-state index contributed by atoms with van der Waals surface area (Å²) in [4.78, 5) is 23.7. The van der Waals surface area contributed by atoms with Gasteiger partial charge in [-0.15, -0.1) is 0 Å². The van der Waals surface area contributed by atoms with Crippen molar-refractivity contribution in [1.29, 1.82) is 0 Å². The summed E-state index contributed by atoms with van der Waals surface area (Å²) in [7, 11) is 0. The molecular formula is C15H22O2. The molecule has 1 rings (SSSR count). The maximum absolute atomic E-state index is 12.1. The molecule has 0 bridgehead atoms. The van der Waals surface area contributed by atoms with Crippen LogP contribution in [0.4, 0.5) is 0 Å². The molecule has 0 spiro atoms. The van der Waals surface area contributed by atoms with E-state index in [2.05, 4.69) is 0 Å². The quantitative estimate of drug-likeness (QED) is 0.685. The van der Waals surface area contributed by atoms with Crippen LogP contribution in [0.15, 0.2) is 23.3 Å². The second-order valence-corrected chi connectivity index (χ2v) is 5.41. The normalized spacial score (nSPS) is 25.6. The zero-order valence-electron chi connectivity index (χ0n) is 11.2. The van der Waals surface area contributed by atoms with Crippen molar-refractivity contribution in [2.45, 2.75) is 47.0 Å². The van der Waals surface area contributed by atoms with Crippen LogP contribution in [0.1, 0.15) is 47.0 Å². The van der Waals surface area contributed by atoms with E-state index in [0.717, 1.165) is 24.0 Å². The molecule has 94 valence electrons. The van der Waals surface area contributed by atoms with E-state index in [1.807, 2.05) is 27.7 Å². The predicted octanol–water partition coefficient (Wildman–Crippen LogP) is 3.47. The highest BCUT2D eigenvalue weighted by molar-refractivity contribution is 5.94. The van der Waals surface area contributed by atoms with Gasteiger partial charge in [0.25, 0.3) is 0 Å². The first-order chi connectivity index (χ1) is 7.90. The maximum atomic E-state index is 12.1. The molecule has 0 aromatic rings. The first-order valence-electron chi connectivity index (χ1n) is 6.29. The highest BCUT2D eigenvalue weighted by atomic mass is 16.1. The fourth-order valence-electron chi connectivity index (χ4n) is 2.35. The smallest absolute Gasteiger partial charge is 0.158 e. The van der Waals surface area contributed by atoms with E-state index in [1.165, 1.54) is 0 Å². The molecule has 0 amide bonds. The topological polar surface area (TPSA) is 34.1 Å². The van der Waals surface area contributed by atoms with E-state index in [0.29, 0.717) is 6.42 Å². The molecule has 2 unspecified atom stereocenters. The minimum atomic E-state index is -0.00231. The van der Waals surface area contributed by atoms with E-state index >= 15 is 0 Å². The molecule has 0 aromatic carbocycles. The second-order valence-electron chi connectivity index (χ2n) is 5.41. The summed E-state index contributed by atoms with van der Waals surface area (Å²) in [5.41, 5.74) is 2.12. The molecule has 2 heteroatoms. The van der Waals surface area contributed by atoms with E-state index in [-0.39, 0.29) is 23.4 Å². The molecule has 17 heavy (non-hydrogen) atoms. The zero-order valence-corrected chi connectivity index (χ0v) is 11.2. The minimum absolute atomic E-state index is 0.00231. The number of hydrogen-bond acceptors (Lipinski definition) is 2. The molecular weight excluding hydrogens is 212 g/mol. The van der Waals surface area contributed by atoms with Gasteiger partial charge in [-0.3, -0.25) is 9.59 Å². The number of allylic oxidation sites excluding steroid dienone is 4. The van der Waals surface area contributed by atoms with Gasteiger partial charge in [0.05, 0.1) is 0 Å². The number of rotatable bonds is 2. The standard InChI is InChI=1S/C15H22O2/c1-10(2)7-15(17)14-6-5-11(3)8-13(16)9-12(14)4/h7-8,12,14H,5-6,9H2,1-4H3. The molecule has 1 aliphatic carbocycles. The van der Waals surface area contributed by atoms with Gasteiger partial charge in [-0.05, 0) is 51.7 Å². The highest BCUT2D eigenvalue weighted by Crippen LogP contribution is 2.27. The summed E-state index contributed by atoms with van der Waals surface area (Å²) in [5, 5.41) is 0. The van der Waals surface area contributed by atoms with E-state index in [4.69, 9.17) is 0 Å². The Labute approximate surface area is 104 Å². The van der Waals surface area contributed by atoms with Gasteiger partial charge in [-0.2, -0.15) is 0 Å². The summed E-state index contributed by atoms with van der Waals surface area (Å²) < 4.78 is 0. The average molecular weight is 234 g/mol. The summed E-state index contributed by atoms with van der Waals surface area (Å²) in [6, 6.07) is 0. The average Bonchev–Trinajstić information content (AvgIpc) is 2.13. The lowest BCUT2D eigenvalue weighted by Crippen LogP contribution is -2.24. The van der Waals surface area contributed by atoms with Gasteiger partial charge in [-0.1, -0.05) is 18.1 Å². The Hall–Kier alpha value is -1.18. The number of carbonyl (C=O) groups excluding carboxylic acids is 2. The van der Waals surface area contributed by atoms with Crippen LogP contribution in [0, 0.1) is 11.8 Å². The van der Waals surface area contributed by atoms with Crippen molar-refractivity contribution in [3.8, 4) is 0 Å². The second kappa shape index (κ2) is 5.95. The largest absolute Gasteiger partial charge is 0.295 e. The molecule has 0 N–H and O–H groups in total. The van der Waals surface area contributed by atoms with Crippen LogP contribution in [0.5, 0.6) is 0 Å². The van der Waals surface area contributed by atoms with Crippen molar-refractivity contribution >= 4 is 11.6 Å². The molecule has 0 radical (unpaired) electrons. The minimum Gasteiger partial charge on any atom is -0.295 e. The SMILES string of the molecule is CC(C)=CC(=O)C1CCC(C)=CC(=O)CC1C. The monoisotopic (exact) mass is 234 g/mol. The van der Waals surface area contributed by atoms with Gasteiger partial charge in [0.2, 0.25) is 0 Å². The number of hydrogen-bond donors (Lipinski definition) is 0. The number of ketones is 2. The molecule has 0 fully saturated rings. The fourth-order valence-corrected chi connectivity index (χ4v) is 2.35. The Morgan fingerprint density at radius 2 is 2.06 bits per heavy atom. The summed E-state index contributed by atoms with van der Waals surface area (Å²) in [6.07, 6.45) is 5.65. The lowest BCUT2D eigenvalue weighted by molar-refractivity contribution is -0.121. The molecule has 0 heterocycles. The molecule has 0 saturated carbocycles. The summed E-state index contributed by atoms with van der Waals surface area (Å²) in [6.45, 7) is 7.84. The van der Waals surface area contributed by atoms with E-state index < -0.39 is 0 Å². The summed E-state index contributed by atoms with van der Waals surface area (Å²) in [5.74, 6) is 0.483. The van der Waals surface area contributed by atoms with Crippen LogP contribution in [0.2, 0.25) is 0 Å². The van der Waals surface area contributed by atoms with Crippen molar-refractivity contribution in [2.75, 3.05) is 0 Å². The molecule has 0 saturated heterocycles. The van der Waals surface area contributed by atoms with Crippen molar-refractivity contribution in [3.63, 3.8) is 0 Å². The molecule has 0 aromatic heterocycles. The van der Waals surface area contributed by atoms with Gasteiger partial charge in [0, 0.05) is 12.3 Å².